The van der Waals surface area contributed by atoms with E-state index < -0.39 is 0 Å². The molecule has 0 spiro atoms. The summed E-state index contributed by atoms with van der Waals surface area (Å²) in [5, 5.41) is 3.81. The zero-order valence-corrected chi connectivity index (χ0v) is 12.7. The van der Waals surface area contributed by atoms with Crippen LogP contribution < -0.4 is 5.32 Å². The topological polar surface area (TPSA) is 15.3 Å². The van der Waals surface area contributed by atoms with Gasteiger partial charge in [-0.1, -0.05) is 33.1 Å². The maximum atomic E-state index is 3.81. The maximum absolute atomic E-state index is 3.81. The second-order valence-corrected chi connectivity index (χ2v) is 6.73. The molecule has 18 heavy (non-hydrogen) atoms. The average molecular weight is 252 g/mol. The lowest BCUT2D eigenvalue weighted by molar-refractivity contribution is 0.0712. The third-order valence-electron chi connectivity index (χ3n) is 5.00. The van der Waals surface area contributed by atoms with E-state index in [1.165, 1.54) is 64.6 Å². The summed E-state index contributed by atoms with van der Waals surface area (Å²) in [6, 6.07) is 0.839. The van der Waals surface area contributed by atoms with Crippen LogP contribution in [0.3, 0.4) is 0 Å². The highest BCUT2D eigenvalue weighted by Crippen LogP contribution is 2.37. The number of unbranched alkanes of at least 4 members (excludes halogenated alkanes) is 3. The van der Waals surface area contributed by atoms with Crippen molar-refractivity contribution in [2.45, 2.75) is 77.3 Å². The van der Waals surface area contributed by atoms with E-state index in [2.05, 4.69) is 31.0 Å². The quantitative estimate of drug-likeness (QED) is 0.698. The minimum Gasteiger partial charge on any atom is -0.309 e. The molecule has 0 aromatic rings. The van der Waals surface area contributed by atoms with Gasteiger partial charge in [0.1, 0.15) is 0 Å². The average Bonchev–Trinajstić information content (AvgIpc) is 3.19. The molecule has 2 aliphatic rings. The number of hydrogen-bond donors (Lipinski definition) is 1. The highest BCUT2D eigenvalue weighted by Gasteiger charge is 2.41. The summed E-state index contributed by atoms with van der Waals surface area (Å²) in [6.07, 6.45) is 9.76. The molecule has 0 radical (unpaired) electrons. The maximum Gasteiger partial charge on any atom is 0.0278 e. The second-order valence-electron chi connectivity index (χ2n) is 6.73. The zero-order chi connectivity index (χ0) is 13.0. The highest BCUT2D eigenvalue weighted by molar-refractivity contribution is 4.99. The van der Waals surface area contributed by atoms with Crippen LogP contribution in [0.2, 0.25) is 0 Å². The zero-order valence-electron chi connectivity index (χ0n) is 12.7. The van der Waals surface area contributed by atoms with Crippen LogP contribution in [-0.4, -0.2) is 36.1 Å². The lowest BCUT2D eigenvalue weighted by Crippen LogP contribution is -2.63. The van der Waals surface area contributed by atoms with Gasteiger partial charge in [-0.05, 0) is 45.1 Å². The van der Waals surface area contributed by atoms with Crippen molar-refractivity contribution in [1.82, 2.24) is 10.2 Å². The second kappa shape index (κ2) is 6.38. The molecule has 2 rings (SSSR count). The van der Waals surface area contributed by atoms with Crippen molar-refractivity contribution in [3.8, 4) is 0 Å². The van der Waals surface area contributed by atoms with E-state index >= 15 is 0 Å². The monoisotopic (exact) mass is 252 g/mol. The molecular formula is C16H32N2. The van der Waals surface area contributed by atoms with E-state index in [1.807, 2.05) is 0 Å². The Morgan fingerprint density at radius 3 is 2.56 bits per heavy atom. The number of nitrogens with one attached hydrogen (secondary N) is 1. The molecule has 1 aliphatic heterocycles. The predicted octanol–water partition coefficient (Wildman–Crippen LogP) is 3.42. The molecule has 1 heterocycles. The van der Waals surface area contributed by atoms with E-state index in [0.717, 1.165) is 12.0 Å². The molecule has 0 aromatic carbocycles. The molecule has 2 unspecified atom stereocenters. The van der Waals surface area contributed by atoms with Gasteiger partial charge in [0.05, 0.1) is 0 Å². The Bertz CT molecular complexity index is 249. The fourth-order valence-electron chi connectivity index (χ4n) is 3.27. The lowest BCUT2D eigenvalue weighted by atomic mass is 9.92. The van der Waals surface area contributed by atoms with Crippen LogP contribution in [0.15, 0.2) is 0 Å². The first kappa shape index (κ1) is 14.3. The minimum absolute atomic E-state index is 0.357. The molecule has 106 valence electrons. The van der Waals surface area contributed by atoms with Gasteiger partial charge >= 0.3 is 0 Å². The Kier molecular flexibility index (Phi) is 5.08. The van der Waals surface area contributed by atoms with Crippen LogP contribution in [0.1, 0.15) is 65.7 Å². The van der Waals surface area contributed by atoms with Crippen LogP contribution in [-0.2, 0) is 0 Å². The molecule has 2 heteroatoms. The van der Waals surface area contributed by atoms with Crippen molar-refractivity contribution in [1.29, 1.82) is 0 Å². The summed E-state index contributed by atoms with van der Waals surface area (Å²) in [7, 11) is 0. The van der Waals surface area contributed by atoms with Crippen molar-refractivity contribution in [2.24, 2.45) is 5.92 Å². The molecule has 0 amide bonds. The first-order valence-electron chi connectivity index (χ1n) is 8.17. The molecular weight excluding hydrogens is 220 g/mol. The summed E-state index contributed by atoms with van der Waals surface area (Å²) in [5.74, 6) is 1.00. The fourth-order valence-corrected chi connectivity index (χ4v) is 3.27. The number of piperazine rings is 1. The standard InChI is InChI=1S/C16H32N2/c1-4-6-7-8-11-18-13-16(3,5-2)17-12-15(18)14-9-10-14/h14-15,17H,4-13H2,1-3H3. The van der Waals surface area contributed by atoms with Crippen LogP contribution in [0, 0.1) is 5.92 Å². The third kappa shape index (κ3) is 3.71. The van der Waals surface area contributed by atoms with Crippen LogP contribution in [0.4, 0.5) is 0 Å². The highest BCUT2D eigenvalue weighted by atomic mass is 15.3. The van der Waals surface area contributed by atoms with Gasteiger partial charge in [-0.3, -0.25) is 4.90 Å². The van der Waals surface area contributed by atoms with Crippen LogP contribution in [0.25, 0.3) is 0 Å². The molecule has 1 saturated heterocycles. The first-order valence-corrected chi connectivity index (χ1v) is 8.17. The fraction of sp³-hybridized carbons (Fsp3) is 1.00. The molecule has 2 fully saturated rings. The number of nitrogens with zero attached hydrogens (tertiary/aromatic N) is 1. The molecule has 1 N–H and O–H groups in total. The Morgan fingerprint density at radius 1 is 1.17 bits per heavy atom. The van der Waals surface area contributed by atoms with Gasteiger partial charge in [0.2, 0.25) is 0 Å². The van der Waals surface area contributed by atoms with Crippen LogP contribution in [0.5, 0.6) is 0 Å². The Morgan fingerprint density at radius 2 is 1.94 bits per heavy atom. The minimum atomic E-state index is 0.357. The van der Waals surface area contributed by atoms with E-state index in [1.54, 1.807) is 0 Å². The van der Waals surface area contributed by atoms with E-state index in [0.29, 0.717) is 5.54 Å². The molecule has 2 nitrogen and oxygen atoms in total. The van der Waals surface area contributed by atoms with Crippen molar-refractivity contribution in [3.05, 3.63) is 0 Å². The van der Waals surface area contributed by atoms with Crippen molar-refractivity contribution in [3.63, 3.8) is 0 Å². The largest absolute Gasteiger partial charge is 0.309 e. The number of rotatable bonds is 7. The summed E-state index contributed by atoms with van der Waals surface area (Å²) >= 11 is 0. The first-order chi connectivity index (χ1) is 8.68. The van der Waals surface area contributed by atoms with Gasteiger partial charge in [0.15, 0.2) is 0 Å². The summed E-state index contributed by atoms with van der Waals surface area (Å²) in [6.45, 7) is 10.8. The van der Waals surface area contributed by atoms with Gasteiger partial charge in [-0.2, -0.15) is 0 Å². The van der Waals surface area contributed by atoms with E-state index in [-0.39, 0.29) is 0 Å². The molecule has 0 bridgehead atoms. The Hall–Kier alpha value is -0.0800. The van der Waals surface area contributed by atoms with Gasteiger partial charge in [-0.15, -0.1) is 0 Å². The lowest BCUT2D eigenvalue weighted by Gasteiger charge is -2.46. The van der Waals surface area contributed by atoms with Crippen molar-refractivity contribution >= 4 is 0 Å². The Balaban J connectivity index is 1.84. The summed E-state index contributed by atoms with van der Waals surface area (Å²) in [4.78, 5) is 2.81. The third-order valence-corrected chi connectivity index (χ3v) is 5.00. The van der Waals surface area contributed by atoms with Gasteiger partial charge < -0.3 is 5.32 Å². The Labute approximate surface area is 114 Å². The van der Waals surface area contributed by atoms with E-state index in [4.69, 9.17) is 0 Å². The van der Waals surface area contributed by atoms with E-state index in [9.17, 15) is 0 Å². The van der Waals surface area contributed by atoms with Gasteiger partial charge in [0, 0.05) is 24.7 Å². The van der Waals surface area contributed by atoms with Crippen LogP contribution >= 0.6 is 0 Å². The SMILES string of the molecule is CCCCCCN1CC(C)(CC)NCC1C1CC1. The summed E-state index contributed by atoms with van der Waals surface area (Å²) < 4.78 is 0. The normalized spacial score (nSPS) is 33.8. The molecule has 0 aromatic heterocycles. The smallest absolute Gasteiger partial charge is 0.0278 e. The van der Waals surface area contributed by atoms with Crippen molar-refractivity contribution < 1.29 is 0 Å². The number of hydrogen-bond acceptors (Lipinski definition) is 2. The molecule has 2 atom stereocenters. The van der Waals surface area contributed by atoms with Gasteiger partial charge in [-0.25, -0.2) is 0 Å². The molecule has 1 saturated carbocycles. The summed E-state index contributed by atoms with van der Waals surface area (Å²) in [5.41, 5.74) is 0.357. The van der Waals surface area contributed by atoms with Gasteiger partial charge in [0.25, 0.3) is 0 Å². The van der Waals surface area contributed by atoms with Crippen molar-refractivity contribution in [2.75, 3.05) is 19.6 Å². The predicted molar refractivity (Wildman–Crippen MR) is 78.9 cm³/mol. The molecule has 1 aliphatic carbocycles.